The van der Waals surface area contributed by atoms with Gasteiger partial charge in [-0.1, -0.05) is 31.9 Å². The fraction of sp³-hybridized carbons (Fsp3) is 0.750. The van der Waals surface area contributed by atoms with Crippen LogP contribution in [0.15, 0.2) is 11.1 Å². The average molecular weight is 264 g/mol. The van der Waals surface area contributed by atoms with Crippen LogP contribution in [0, 0.1) is 28.6 Å². The lowest BCUT2D eigenvalue weighted by Gasteiger charge is -2.37. The van der Waals surface area contributed by atoms with Gasteiger partial charge in [0.2, 0.25) is 0 Å². The molecule has 3 heteroatoms. The van der Waals surface area contributed by atoms with E-state index >= 15 is 0 Å². The summed E-state index contributed by atoms with van der Waals surface area (Å²) in [5.41, 5.74) is 2.08. The Bertz CT molecular complexity index is 465. The van der Waals surface area contributed by atoms with Crippen LogP contribution in [0.3, 0.4) is 0 Å². The average Bonchev–Trinajstić information content (AvgIpc) is 2.63. The number of hydrogen-bond acceptors (Lipinski definition) is 3. The smallest absolute Gasteiger partial charge is 0.310 e. The molecular formula is C16H24O3. The minimum absolute atomic E-state index is 0.210. The van der Waals surface area contributed by atoms with E-state index in [2.05, 4.69) is 34.6 Å². The van der Waals surface area contributed by atoms with Crippen LogP contribution in [-0.4, -0.2) is 18.9 Å². The molecule has 0 aromatic rings. The maximum atomic E-state index is 12.3. The van der Waals surface area contributed by atoms with Crippen molar-refractivity contribution in [1.29, 1.82) is 0 Å². The van der Waals surface area contributed by atoms with Gasteiger partial charge in [0.05, 0.1) is 12.5 Å². The van der Waals surface area contributed by atoms with E-state index < -0.39 is 0 Å². The zero-order valence-electron chi connectivity index (χ0n) is 12.7. The van der Waals surface area contributed by atoms with E-state index in [0.717, 1.165) is 6.29 Å². The largest absolute Gasteiger partial charge is 0.466 e. The lowest BCUT2D eigenvalue weighted by atomic mass is 9.66. The Kier molecular flexibility index (Phi) is 3.15. The Morgan fingerprint density at radius 1 is 1.26 bits per heavy atom. The lowest BCUT2D eigenvalue weighted by molar-refractivity contribution is -0.154. The fourth-order valence-electron chi connectivity index (χ4n) is 4.68. The second-order valence-corrected chi connectivity index (χ2v) is 6.43. The molecule has 2 rings (SSSR count). The summed E-state index contributed by atoms with van der Waals surface area (Å²) in [5, 5.41) is 0. The van der Waals surface area contributed by atoms with Gasteiger partial charge < -0.3 is 9.53 Å². The quantitative estimate of drug-likeness (QED) is 0.447. The van der Waals surface area contributed by atoms with Gasteiger partial charge >= 0.3 is 5.97 Å². The van der Waals surface area contributed by atoms with Crippen LogP contribution in [0.4, 0.5) is 0 Å². The van der Waals surface area contributed by atoms with Gasteiger partial charge in [0, 0.05) is 16.7 Å². The number of carbonyl (C=O) groups is 2. The summed E-state index contributed by atoms with van der Waals surface area (Å²) in [7, 11) is 0. The summed E-state index contributed by atoms with van der Waals surface area (Å²) in [6.45, 7) is 12.8. The molecule has 0 spiro atoms. The minimum atomic E-state index is -0.339. The molecule has 5 unspecified atom stereocenters. The first-order valence-corrected chi connectivity index (χ1v) is 7.08. The zero-order valence-corrected chi connectivity index (χ0v) is 12.7. The number of allylic oxidation sites excluding steroid dienone is 2. The van der Waals surface area contributed by atoms with E-state index in [1.807, 2.05) is 6.92 Å². The summed E-state index contributed by atoms with van der Waals surface area (Å²) in [6, 6.07) is 0. The van der Waals surface area contributed by atoms with Gasteiger partial charge in [0.25, 0.3) is 0 Å². The predicted octanol–water partition coefficient (Wildman–Crippen LogP) is 2.99. The molecule has 0 amide bonds. The number of hydrogen-bond donors (Lipinski definition) is 0. The van der Waals surface area contributed by atoms with Crippen LogP contribution < -0.4 is 0 Å². The third kappa shape index (κ3) is 1.39. The van der Waals surface area contributed by atoms with Crippen molar-refractivity contribution in [3.63, 3.8) is 0 Å². The van der Waals surface area contributed by atoms with Crippen molar-refractivity contribution >= 4 is 12.3 Å². The molecule has 2 aliphatic carbocycles. The molecule has 2 bridgehead atoms. The van der Waals surface area contributed by atoms with Crippen molar-refractivity contribution in [3.8, 4) is 0 Å². The molecule has 0 radical (unpaired) electrons. The summed E-state index contributed by atoms with van der Waals surface area (Å²) < 4.78 is 5.23. The molecule has 0 saturated heterocycles. The molecule has 0 aromatic heterocycles. The van der Waals surface area contributed by atoms with Gasteiger partial charge in [0.15, 0.2) is 0 Å². The highest BCUT2D eigenvalue weighted by molar-refractivity contribution is 5.82. The SMILES string of the molecule is CCOC(=O)C1C(C=O)C2(C)C(C)=C(C)C1(C)C2C. The van der Waals surface area contributed by atoms with Gasteiger partial charge in [-0.05, 0) is 26.7 Å². The highest BCUT2D eigenvalue weighted by Gasteiger charge is 2.70. The van der Waals surface area contributed by atoms with E-state index in [-0.39, 0.29) is 34.6 Å². The molecule has 1 saturated carbocycles. The molecule has 2 aliphatic rings. The van der Waals surface area contributed by atoms with Crippen LogP contribution in [0.25, 0.3) is 0 Å². The van der Waals surface area contributed by atoms with Crippen LogP contribution in [0.1, 0.15) is 41.5 Å². The van der Waals surface area contributed by atoms with E-state index in [0.29, 0.717) is 6.61 Å². The van der Waals surface area contributed by atoms with Crippen molar-refractivity contribution in [3.05, 3.63) is 11.1 Å². The number of ether oxygens (including phenoxy) is 1. The third-order valence-electron chi connectivity index (χ3n) is 6.36. The third-order valence-corrected chi connectivity index (χ3v) is 6.36. The Balaban J connectivity index is 2.59. The first-order chi connectivity index (χ1) is 8.77. The summed E-state index contributed by atoms with van der Waals surface area (Å²) in [4.78, 5) is 24.0. The van der Waals surface area contributed by atoms with E-state index in [4.69, 9.17) is 4.74 Å². The van der Waals surface area contributed by atoms with Crippen LogP contribution >= 0.6 is 0 Å². The summed E-state index contributed by atoms with van der Waals surface area (Å²) in [5.74, 6) is -0.543. The van der Waals surface area contributed by atoms with Crippen molar-refractivity contribution in [2.75, 3.05) is 6.61 Å². The Morgan fingerprint density at radius 3 is 2.26 bits per heavy atom. The molecule has 19 heavy (non-hydrogen) atoms. The Morgan fingerprint density at radius 2 is 1.79 bits per heavy atom. The maximum Gasteiger partial charge on any atom is 0.310 e. The van der Waals surface area contributed by atoms with E-state index in [1.165, 1.54) is 11.1 Å². The van der Waals surface area contributed by atoms with Crippen molar-refractivity contribution in [2.45, 2.75) is 41.5 Å². The second kappa shape index (κ2) is 4.19. The Hall–Kier alpha value is -1.12. The molecule has 3 nitrogen and oxygen atoms in total. The molecule has 0 aliphatic heterocycles. The van der Waals surface area contributed by atoms with Crippen molar-refractivity contribution < 1.29 is 14.3 Å². The molecule has 5 atom stereocenters. The molecule has 0 N–H and O–H groups in total. The number of aldehydes is 1. The second-order valence-electron chi connectivity index (χ2n) is 6.43. The summed E-state index contributed by atoms with van der Waals surface area (Å²) in [6.07, 6.45) is 0.972. The number of esters is 1. The fourth-order valence-corrected chi connectivity index (χ4v) is 4.68. The highest BCUT2D eigenvalue weighted by atomic mass is 16.5. The van der Waals surface area contributed by atoms with Crippen LogP contribution in [0.2, 0.25) is 0 Å². The highest BCUT2D eigenvalue weighted by Crippen LogP contribution is 2.71. The van der Waals surface area contributed by atoms with Gasteiger partial charge in [0.1, 0.15) is 6.29 Å². The first kappa shape index (κ1) is 14.3. The monoisotopic (exact) mass is 264 g/mol. The normalized spacial score (nSPS) is 44.6. The van der Waals surface area contributed by atoms with E-state index in [9.17, 15) is 9.59 Å². The predicted molar refractivity (Wildman–Crippen MR) is 73.4 cm³/mol. The van der Waals surface area contributed by atoms with Gasteiger partial charge in [-0.25, -0.2) is 0 Å². The van der Waals surface area contributed by atoms with Crippen LogP contribution in [0.5, 0.6) is 0 Å². The van der Waals surface area contributed by atoms with Gasteiger partial charge in [-0.3, -0.25) is 4.79 Å². The maximum absolute atomic E-state index is 12.3. The van der Waals surface area contributed by atoms with Crippen molar-refractivity contribution in [2.24, 2.45) is 28.6 Å². The van der Waals surface area contributed by atoms with Crippen molar-refractivity contribution in [1.82, 2.24) is 0 Å². The lowest BCUT2D eigenvalue weighted by Crippen LogP contribution is -2.40. The molecule has 0 aromatic carbocycles. The van der Waals surface area contributed by atoms with Gasteiger partial charge in [-0.15, -0.1) is 0 Å². The minimum Gasteiger partial charge on any atom is -0.466 e. The molecular weight excluding hydrogens is 240 g/mol. The first-order valence-electron chi connectivity index (χ1n) is 7.08. The zero-order chi connectivity index (χ0) is 14.6. The van der Waals surface area contributed by atoms with Crippen LogP contribution in [-0.2, 0) is 14.3 Å². The standard InChI is InChI=1S/C16H24O3/c1-7-19-14(18)13-12(8-17)15(5)9(2)10(3)16(13,6)11(15)4/h8,11-13H,7H2,1-6H3. The summed E-state index contributed by atoms with van der Waals surface area (Å²) >= 11 is 0. The number of rotatable bonds is 3. The van der Waals surface area contributed by atoms with Gasteiger partial charge in [-0.2, -0.15) is 0 Å². The number of carbonyl (C=O) groups excluding carboxylic acids is 2. The molecule has 0 heterocycles. The number of fused-ring (bicyclic) bond motifs is 2. The molecule has 1 fully saturated rings. The molecule has 106 valence electrons. The Labute approximate surface area is 115 Å². The van der Waals surface area contributed by atoms with E-state index in [1.54, 1.807) is 0 Å². The topological polar surface area (TPSA) is 43.4 Å².